The highest BCUT2D eigenvalue weighted by Gasteiger charge is 2.07. The minimum absolute atomic E-state index is 0.494. The number of hydrogen-bond donors (Lipinski definition) is 1. The van der Waals surface area contributed by atoms with Gasteiger partial charge in [0, 0.05) is 17.4 Å². The van der Waals surface area contributed by atoms with Gasteiger partial charge >= 0.3 is 0 Å². The molecule has 1 atom stereocenters. The second-order valence-corrected chi connectivity index (χ2v) is 5.90. The lowest BCUT2D eigenvalue weighted by Crippen LogP contribution is -2.84. The van der Waals surface area contributed by atoms with Gasteiger partial charge in [0.15, 0.2) is 0 Å². The summed E-state index contributed by atoms with van der Waals surface area (Å²) in [5.74, 6) is 0.985. The lowest BCUT2D eigenvalue weighted by atomic mass is 10.1. The van der Waals surface area contributed by atoms with Gasteiger partial charge in [0.2, 0.25) is 0 Å². The molecule has 0 aliphatic carbocycles. The maximum atomic E-state index is 5.99. The Bertz CT molecular complexity index is 734. The van der Waals surface area contributed by atoms with Gasteiger partial charge in [-0.05, 0) is 18.4 Å². The number of benzene rings is 3. The van der Waals surface area contributed by atoms with Crippen molar-refractivity contribution in [3.63, 3.8) is 0 Å². The highest BCUT2D eigenvalue weighted by molar-refractivity contribution is 5.88. The molecule has 2 nitrogen and oxygen atoms in total. The van der Waals surface area contributed by atoms with Crippen LogP contribution in [-0.4, -0.2) is 13.2 Å². The van der Waals surface area contributed by atoms with Gasteiger partial charge in [0.05, 0.1) is 13.2 Å². The summed E-state index contributed by atoms with van der Waals surface area (Å²) in [6, 6.07) is 25.7. The molecular weight excluding hydrogens is 282 g/mol. The highest BCUT2D eigenvalue weighted by atomic mass is 16.5. The van der Waals surface area contributed by atoms with E-state index in [1.54, 1.807) is 0 Å². The van der Waals surface area contributed by atoms with Crippen molar-refractivity contribution in [3.05, 3.63) is 78.4 Å². The predicted octanol–water partition coefficient (Wildman–Crippen LogP) is 3.93. The fourth-order valence-corrected chi connectivity index (χ4v) is 2.85. The quantitative estimate of drug-likeness (QED) is 0.658. The summed E-state index contributed by atoms with van der Waals surface area (Å²) >= 11 is 0. The van der Waals surface area contributed by atoms with Crippen LogP contribution in [0.3, 0.4) is 0 Å². The van der Waals surface area contributed by atoms with Gasteiger partial charge in [0.1, 0.15) is 11.8 Å². The van der Waals surface area contributed by atoms with Crippen LogP contribution in [0, 0.1) is 0 Å². The summed E-state index contributed by atoms with van der Waals surface area (Å²) in [6.07, 6.45) is 1.04. The van der Waals surface area contributed by atoms with Crippen LogP contribution in [0.15, 0.2) is 72.8 Å². The van der Waals surface area contributed by atoms with Gasteiger partial charge in [-0.2, -0.15) is 0 Å². The van der Waals surface area contributed by atoms with E-state index in [0.29, 0.717) is 6.04 Å². The first-order valence-corrected chi connectivity index (χ1v) is 8.33. The topological polar surface area (TPSA) is 25.8 Å². The first-order valence-electron chi connectivity index (χ1n) is 8.33. The number of rotatable bonds is 7. The molecule has 0 amide bonds. The largest absolute Gasteiger partial charge is 0.493 e. The van der Waals surface area contributed by atoms with Crippen molar-refractivity contribution in [2.75, 3.05) is 13.2 Å². The molecule has 0 aliphatic heterocycles. The summed E-state index contributed by atoms with van der Waals surface area (Å²) in [7, 11) is 0. The lowest BCUT2D eigenvalue weighted by molar-refractivity contribution is -0.693. The molecule has 0 spiro atoms. The molecule has 3 aromatic carbocycles. The van der Waals surface area contributed by atoms with E-state index < -0.39 is 0 Å². The van der Waals surface area contributed by atoms with Crippen molar-refractivity contribution in [2.24, 2.45) is 0 Å². The van der Waals surface area contributed by atoms with Crippen molar-refractivity contribution in [2.45, 2.75) is 19.4 Å². The number of fused-ring (bicyclic) bond motifs is 1. The van der Waals surface area contributed by atoms with Crippen LogP contribution in [0.2, 0.25) is 0 Å². The monoisotopic (exact) mass is 306 g/mol. The highest BCUT2D eigenvalue weighted by Crippen LogP contribution is 2.25. The Morgan fingerprint density at radius 1 is 0.870 bits per heavy atom. The lowest BCUT2D eigenvalue weighted by Gasteiger charge is -2.12. The minimum Gasteiger partial charge on any atom is -0.493 e. The molecule has 0 bridgehead atoms. The Kier molecular flexibility index (Phi) is 5.28. The Balaban J connectivity index is 1.46. The van der Waals surface area contributed by atoms with E-state index in [-0.39, 0.29) is 0 Å². The maximum Gasteiger partial charge on any atom is 0.127 e. The third-order valence-electron chi connectivity index (χ3n) is 4.20. The normalized spacial score (nSPS) is 12.2. The average Bonchev–Trinajstić information content (AvgIpc) is 2.62. The second kappa shape index (κ2) is 7.80. The fourth-order valence-electron chi connectivity index (χ4n) is 2.85. The van der Waals surface area contributed by atoms with Crippen LogP contribution in [0.1, 0.15) is 24.9 Å². The minimum atomic E-state index is 0.494. The molecule has 23 heavy (non-hydrogen) atoms. The van der Waals surface area contributed by atoms with Gasteiger partial charge in [-0.25, -0.2) is 0 Å². The third-order valence-corrected chi connectivity index (χ3v) is 4.20. The molecule has 0 aromatic heterocycles. The standard InChI is InChI=1S/C21H23NO/c1-17(18-9-3-2-4-10-18)22-15-8-16-23-21-14-7-12-19-11-5-6-13-20(19)21/h2-7,9-14,17,22H,8,15-16H2,1H3/p+1/t17-/m1/s1. The molecule has 0 radical (unpaired) electrons. The molecule has 0 heterocycles. The molecule has 0 fully saturated rings. The van der Waals surface area contributed by atoms with Crippen molar-refractivity contribution in [1.29, 1.82) is 0 Å². The molecule has 118 valence electrons. The number of quaternary nitrogens is 1. The second-order valence-electron chi connectivity index (χ2n) is 5.90. The number of nitrogens with two attached hydrogens (primary N) is 1. The van der Waals surface area contributed by atoms with Crippen molar-refractivity contribution in [1.82, 2.24) is 0 Å². The number of hydrogen-bond acceptors (Lipinski definition) is 1. The van der Waals surface area contributed by atoms with Crippen molar-refractivity contribution < 1.29 is 10.1 Å². The van der Waals surface area contributed by atoms with E-state index in [1.165, 1.54) is 16.3 Å². The fraction of sp³-hybridized carbons (Fsp3) is 0.238. The summed E-state index contributed by atoms with van der Waals surface area (Å²) in [5, 5.41) is 4.80. The maximum absolute atomic E-state index is 5.99. The Morgan fingerprint density at radius 3 is 2.48 bits per heavy atom. The molecule has 0 saturated heterocycles. The van der Waals surface area contributed by atoms with Crippen LogP contribution in [0.4, 0.5) is 0 Å². The zero-order chi connectivity index (χ0) is 15.9. The van der Waals surface area contributed by atoms with Crippen LogP contribution in [0.25, 0.3) is 10.8 Å². The summed E-state index contributed by atoms with van der Waals surface area (Å²) < 4.78 is 5.99. The molecule has 0 saturated carbocycles. The molecule has 2 heteroatoms. The van der Waals surface area contributed by atoms with E-state index in [4.69, 9.17) is 4.74 Å². The van der Waals surface area contributed by atoms with Crippen LogP contribution < -0.4 is 10.1 Å². The van der Waals surface area contributed by atoms with Crippen LogP contribution in [0.5, 0.6) is 5.75 Å². The molecule has 0 aliphatic rings. The van der Waals surface area contributed by atoms with Gasteiger partial charge in [-0.3, -0.25) is 0 Å². The molecule has 2 N–H and O–H groups in total. The van der Waals surface area contributed by atoms with Gasteiger partial charge in [-0.1, -0.05) is 66.7 Å². The first-order chi connectivity index (χ1) is 11.3. The van der Waals surface area contributed by atoms with Crippen LogP contribution in [-0.2, 0) is 0 Å². The molecular formula is C21H24NO+. The SMILES string of the molecule is C[C@@H]([NH2+]CCCOc1cccc2ccccc12)c1ccccc1. The van der Waals surface area contributed by atoms with Gasteiger partial charge < -0.3 is 10.1 Å². The van der Waals surface area contributed by atoms with E-state index in [2.05, 4.69) is 85.0 Å². The predicted molar refractivity (Wildman–Crippen MR) is 95.7 cm³/mol. The van der Waals surface area contributed by atoms with Gasteiger partial charge in [0.25, 0.3) is 0 Å². The van der Waals surface area contributed by atoms with Crippen molar-refractivity contribution in [3.8, 4) is 5.75 Å². The smallest absolute Gasteiger partial charge is 0.127 e. The Labute approximate surface area is 138 Å². The molecule has 0 unspecified atom stereocenters. The average molecular weight is 306 g/mol. The summed E-state index contributed by atoms with van der Waals surface area (Å²) in [4.78, 5) is 0. The van der Waals surface area contributed by atoms with Crippen LogP contribution >= 0.6 is 0 Å². The van der Waals surface area contributed by atoms with Gasteiger partial charge in [-0.15, -0.1) is 0 Å². The Morgan fingerprint density at radius 2 is 1.61 bits per heavy atom. The third kappa shape index (κ3) is 4.11. The zero-order valence-electron chi connectivity index (χ0n) is 13.6. The number of ether oxygens (including phenoxy) is 1. The van der Waals surface area contributed by atoms with E-state index >= 15 is 0 Å². The Hall–Kier alpha value is -2.32. The first kappa shape index (κ1) is 15.6. The molecule has 3 aromatic rings. The summed E-state index contributed by atoms with van der Waals surface area (Å²) in [5.41, 5.74) is 1.38. The molecule has 3 rings (SSSR count). The van der Waals surface area contributed by atoms with E-state index in [1.807, 2.05) is 0 Å². The van der Waals surface area contributed by atoms with E-state index in [0.717, 1.165) is 25.3 Å². The van der Waals surface area contributed by atoms with E-state index in [9.17, 15) is 0 Å². The van der Waals surface area contributed by atoms with Crippen molar-refractivity contribution >= 4 is 10.8 Å². The summed E-state index contributed by atoms with van der Waals surface area (Å²) in [6.45, 7) is 4.08. The zero-order valence-corrected chi connectivity index (χ0v) is 13.6.